The van der Waals surface area contributed by atoms with E-state index in [1.807, 2.05) is 24.3 Å². The molecule has 1 unspecified atom stereocenters. The summed E-state index contributed by atoms with van der Waals surface area (Å²) in [4.78, 5) is 25.3. The van der Waals surface area contributed by atoms with E-state index in [1.165, 1.54) is 10.5 Å². The Bertz CT molecular complexity index is 594. The summed E-state index contributed by atoms with van der Waals surface area (Å²) in [6.07, 6.45) is 1.51. The highest BCUT2D eigenvalue weighted by Crippen LogP contribution is 2.27. The first-order chi connectivity index (χ1) is 11.2. The second kappa shape index (κ2) is 7.55. The molecule has 0 spiro atoms. The minimum absolute atomic E-state index is 0.231. The molecule has 1 fully saturated rings. The van der Waals surface area contributed by atoms with Crippen molar-refractivity contribution in [3.05, 3.63) is 34.3 Å². The van der Waals surface area contributed by atoms with Gasteiger partial charge in [-0.05, 0) is 63.6 Å². The zero-order valence-corrected chi connectivity index (χ0v) is 15.9. The van der Waals surface area contributed by atoms with Gasteiger partial charge in [-0.1, -0.05) is 28.1 Å². The average Bonchev–Trinajstić information content (AvgIpc) is 2.47. The number of carbonyl (C=O) groups is 2. The van der Waals surface area contributed by atoms with Gasteiger partial charge in [0.15, 0.2) is 0 Å². The monoisotopic (exact) mass is 397 g/mol. The molecule has 2 atom stereocenters. The predicted octanol–water partition coefficient (Wildman–Crippen LogP) is 4.09. The molecular formula is C18H24BrNO4. The quantitative estimate of drug-likeness (QED) is 0.833. The van der Waals surface area contributed by atoms with E-state index in [4.69, 9.17) is 4.74 Å². The Morgan fingerprint density at radius 3 is 2.42 bits per heavy atom. The molecule has 1 amide bonds. The van der Waals surface area contributed by atoms with Crippen LogP contribution in [-0.4, -0.2) is 40.3 Å². The molecule has 0 bridgehead atoms. The molecule has 1 heterocycles. The summed E-state index contributed by atoms with van der Waals surface area (Å²) in [6.45, 7) is 5.75. The molecule has 1 aromatic carbocycles. The summed E-state index contributed by atoms with van der Waals surface area (Å²) in [5.74, 6) is -0.739. The van der Waals surface area contributed by atoms with Gasteiger partial charge in [0.25, 0.3) is 0 Å². The normalized spacial score (nSPS) is 21.4. The van der Waals surface area contributed by atoms with Gasteiger partial charge in [-0.3, -0.25) is 4.90 Å². The summed E-state index contributed by atoms with van der Waals surface area (Å²) in [5, 5.41) is 9.41. The Hall–Kier alpha value is -1.56. The maximum absolute atomic E-state index is 12.4. The average molecular weight is 398 g/mol. The maximum atomic E-state index is 12.4. The van der Waals surface area contributed by atoms with Crippen LogP contribution in [0.1, 0.15) is 39.2 Å². The van der Waals surface area contributed by atoms with E-state index < -0.39 is 23.7 Å². The van der Waals surface area contributed by atoms with E-state index >= 15 is 0 Å². The van der Waals surface area contributed by atoms with Crippen LogP contribution in [0.2, 0.25) is 0 Å². The summed E-state index contributed by atoms with van der Waals surface area (Å²) in [5.41, 5.74) is 0.541. The van der Waals surface area contributed by atoms with Crippen LogP contribution >= 0.6 is 15.9 Å². The van der Waals surface area contributed by atoms with Gasteiger partial charge in [0.1, 0.15) is 11.6 Å². The van der Waals surface area contributed by atoms with Crippen LogP contribution in [0.25, 0.3) is 0 Å². The van der Waals surface area contributed by atoms with Crippen LogP contribution in [0, 0.1) is 5.92 Å². The fourth-order valence-corrected chi connectivity index (χ4v) is 3.21. The van der Waals surface area contributed by atoms with Gasteiger partial charge in [0.05, 0.1) is 0 Å². The van der Waals surface area contributed by atoms with Gasteiger partial charge < -0.3 is 9.84 Å². The number of nitrogens with zero attached hydrogens (tertiary/aromatic N) is 1. The van der Waals surface area contributed by atoms with Crippen LogP contribution in [-0.2, 0) is 16.0 Å². The molecule has 6 heteroatoms. The lowest BCUT2D eigenvalue weighted by atomic mass is 9.88. The van der Waals surface area contributed by atoms with Crippen LogP contribution in [0.4, 0.5) is 4.79 Å². The van der Waals surface area contributed by atoms with Gasteiger partial charge >= 0.3 is 12.1 Å². The van der Waals surface area contributed by atoms with Gasteiger partial charge in [-0.15, -0.1) is 0 Å². The standard InChI is InChI=1S/C18H24BrNO4/c1-18(2,3)24-17(23)20-11-13(6-9-15(20)16(21)22)10-12-4-7-14(19)8-5-12/h4-5,7-8,13,15H,6,9-11H2,1-3H3,(H,21,22)/t13-,15?/m1/s1. The maximum Gasteiger partial charge on any atom is 0.411 e. The first kappa shape index (κ1) is 18.8. The first-order valence-corrected chi connectivity index (χ1v) is 8.92. The van der Waals surface area contributed by atoms with Crippen LogP contribution in [0.3, 0.4) is 0 Å². The Labute approximate surface area is 151 Å². The highest BCUT2D eigenvalue weighted by molar-refractivity contribution is 9.10. The lowest BCUT2D eigenvalue weighted by Gasteiger charge is -2.38. The molecule has 1 saturated heterocycles. The van der Waals surface area contributed by atoms with Crippen molar-refractivity contribution in [1.29, 1.82) is 0 Å². The molecule has 132 valence electrons. The summed E-state index contributed by atoms with van der Waals surface area (Å²) in [6, 6.07) is 7.27. The Morgan fingerprint density at radius 1 is 1.25 bits per heavy atom. The van der Waals surface area contributed by atoms with Gasteiger partial charge in [-0.2, -0.15) is 0 Å². The number of hydrogen-bond acceptors (Lipinski definition) is 3. The SMILES string of the molecule is CC(C)(C)OC(=O)N1C[C@@H](Cc2ccc(Br)cc2)CCC1C(=O)O. The Balaban J connectivity index is 2.08. The molecule has 1 aromatic rings. The molecule has 0 aromatic heterocycles. The van der Waals surface area contributed by atoms with Crippen molar-refractivity contribution in [3.63, 3.8) is 0 Å². The predicted molar refractivity (Wildman–Crippen MR) is 94.9 cm³/mol. The van der Waals surface area contributed by atoms with Crippen molar-refractivity contribution in [2.75, 3.05) is 6.54 Å². The molecule has 1 aliphatic heterocycles. The second-order valence-corrected chi connectivity index (χ2v) is 8.18. The topological polar surface area (TPSA) is 66.8 Å². The fraction of sp³-hybridized carbons (Fsp3) is 0.556. The zero-order valence-electron chi connectivity index (χ0n) is 14.3. The van der Waals surface area contributed by atoms with Crippen molar-refractivity contribution >= 4 is 28.0 Å². The van der Waals surface area contributed by atoms with E-state index in [0.29, 0.717) is 13.0 Å². The Kier molecular flexibility index (Phi) is 5.91. The van der Waals surface area contributed by atoms with Crippen LogP contribution in [0.5, 0.6) is 0 Å². The van der Waals surface area contributed by atoms with Crippen LogP contribution < -0.4 is 0 Å². The van der Waals surface area contributed by atoms with Crippen molar-refractivity contribution < 1.29 is 19.4 Å². The number of aliphatic carboxylic acids is 1. The largest absolute Gasteiger partial charge is 0.480 e. The van der Waals surface area contributed by atoms with Crippen molar-refractivity contribution in [2.24, 2.45) is 5.92 Å². The zero-order chi connectivity index (χ0) is 17.9. The van der Waals surface area contributed by atoms with E-state index in [-0.39, 0.29) is 5.92 Å². The molecule has 0 saturated carbocycles. The molecule has 2 rings (SSSR count). The third-order valence-electron chi connectivity index (χ3n) is 4.03. The third-order valence-corrected chi connectivity index (χ3v) is 4.56. The van der Waals surface area contributed by atoms with E-state index in [2.05, 4.69) is 15.9 Å². The second-order valence-electron chi connectivity index (χ2n) is 7.26. The molecule has 1 N–H and O–H groups in total. The molecule has 1 aliphatic rings. The molecular weight excluding hydrogens is 374 g/mol. The number of rotatable bonds is 3. The van der Waals surface area contributed by atoms with Crippen molar-refractivity contribution in [2.45, 2.75) is 51.7 Å². The van der Waals surface area contributed by atoms with E-state index in [1.54, 1.807) is 20.8 Å². The van der Waals surface area contributed by atoms with Crippen molar-refractivity contribution in [1.82, 2.24) is 4.90 Å². The number of hydrogen-bond donors (Lipinski definition) is 1. The smallest absolute Gasteiger partial charge is 0.411 e. The van der Waals surface area contributed by atoms with Gasteiger partial charge in [0, 0.05) is 11.0 Å². The minimum Gasteiger partial charge on any atom is -0.480 e. The highest BCUT2D eigenvalue weighted by Gasteiger charge is 2.38. The number of ether oxygens (including phenoxy) is 1. The number of benzene rings is 1. The molecule has 5 nitrogen and oxygen atoms in total. The number of piperidine rings is 1. The summed E-state index contributed by atoms with van der Waals surface area (Å²) >= 11 is 3.42. The fourth-order valence-electron chi connectivity index (χ4n) is 2.95. The number of carboxylic acid groups (broad SMARTS) is 1. The summed E-state index contributed by atoms with van der Waals surface area (Å²) < 4.78 is 6.41. The molecule has 24 heavy (non-hydrogen) atoms. The molecule has 0 radical (unpaired) electrons. The Morgan fingerprint density at radius 2 is 1.88 bits per heavy atom. The lowest BCUT2D eigenvalue weighted by molar-refractivity contribution is -0.145. The van der Waals surface area contributed by atoms with E-state index in [9.17, 15) is 14.7 Å². The first-order valence-electron chi connectivity index (χ1n) is 8.12. The molecule has 0 aliphatic carbocycles. The van der Waals surface area contributed by atoms with E-state index in [0.717, 1.165) is 17.3 Å². The number of halogens is 1. The number of carboxylic acids is 1. The highest BCUT2D eigenvalue weighted by atomic mass is 79.9. The minimum atomic E-state index is -0.969. The lowest BCUT2D eigenvalue weighted by Crippen LogP contribution is -2.52. The van der Waals surface area contributed by atoms with Crippen molar-refractivity contribution in [3.8, 4) is 0 Å². The van der Waals surface area contributed by atoms with Gasteiger partial charge in [0.2, 0.25) is 0 Å². The third kappa shape index (κ3) is 5.23. The van der Waals surface area contributed by atoms with Gasteiger partial charge in [-0.25, -0.2) is 9.59 Å². The summed E-state index contributed by atoms with van der Waals surface area (Å²) in [7, 11) is 0. The number of likely N-dealkylation sites (tertiary alicyclic amines) is 1. The number of amides is 1. The van der Waals surface area contributed by atoms with Crippen LogP contribution in [0.15, 0.2) is 28.7 Å². The number of carbonyl (C=O) groups excluding carboxylic acids is 1.